The van der Waals surface area contributed by atoms with Gasteiger partial charge in [-0.3, -0.25) is 9.59 Å². The van der Waals surface area contributed by atoms with E-state index in [1.807, 2.05) is 6.07 Å². The second kappa shape index (κ2) is 9.07. The number of nitriles is 1. The van der Waals surface area contributed by atoms with Gasteiger partial charge in [0.1, 0.15) is 17.2 Å². The number of halogens is 1. The number of methoxy groups -OCH3 is 2. The van der Waals surface area contributed by atoms with E-state index in [-0.39, 0.29) is 11.3 Å². The van der Waals surface area contributed by atoms with E-state index in [1.54, 1.807) is 73.8 Å². The van der Waals surface area contributed by atoms with Crippen molar-refractivity contribution in [3.63, 3.8) is 0 Å². The lowest BCUT2D eigenvalue weighted by molar-refractivity contribution is -0.120. The number of nitrogens with zero attached hydrogens (tertiary/aromatic N) is 2. The Kier molecular flexibility index (Phi) is 6.03. The Morgan fingerprint density at radius 3 is 2.21 bits per heavy atom. The Labute approximate surface area is 195 Å². The molecule has 0 unspecified atom stereocenters. The van der Waals surface area contributed by atoms with Crippen molar-refractivity contribution in [2.24, 2.45) is 0 Å². The molecular weight excluding hydrogens is 442 g/mol. The lowest BCUT2D eigenvalue weighted by atomic mass is 10.0. The number of carbonyl (C=O) groups is 2. The monoisotopic (exact) mass is 459 g/mol. The van der Waals surface area contributed by atoms with Gasteiger partial charge in [-0.1, -0.05) is 23.7 Å². The Hall–Kier alpha value is -4.28. The van der Waals surface area contributed by atoms with Gasteiger partial charge in [-0.25, -0.2) is 4.90 Å². The first-order valence-electron chi connectivity index (χ1n) is 9.85. The lowest BCUT2D eigenvalue weighted by Crippen LogP contribution is -2.32. The van der Waals surface area contributed by atoms with Crippen molar-refractivity contribution in [1.29, 1.82) is 5.26 Å². The third-order valence-electron chi connectivity index (χ3n) is 5.14. The van der Waals surface area contributed by atoms with E-state index < -0.39 is 11.8 Å². The summed E-state index contributed by atoms with van der Waals surface area (Å²) in [5, 5.41) is 12.6. The molecule has 1 N–H and O–H groups in total. The molecule has 1 heterocycles. The van der Waals surface area contributed by atoms with Crippen molar-refractivity contribution in [3.05, 3.63) is 88.6 Å². The van der Waals surface area contributed by atoms with E-state index in [4.69, 9.17) is 26.3 Å². The highest BCUT2D eigenvalue weighted by Crippen LogP contribution is 2.37. The molecule has 1 aliphatic heterocycles. The molecule has 8 heteroatoms. The average molecular weight is 460 g/mol. The summed E-state index contributed by atoms with van der Waals surface area (Å²) in [5.41, 5.74) is 2.01. The Morgan fingerprint density at radius 1 is 0.909 bits per heavy atom. The van der Waals surface area contributed by atoms with Gasteiger partial charge in [0.25, 0.3) is 11.8 Å². The molecule has 1 aliphatic rings. The molecule has 3 aromatic carbocycles. The molecule has 33 heavy (non-hydrogen) atoms. The van der Waals surface area contributed by atoms with Crippen molar-refractivity contribution in [2.75, 3.05) is 24.4 Å². The van der Waals surface area contributed by atoms with Gasteiger partial charge in [-0.15, -0.1) is 0 Å². The fourth-order valence-corrected chi connectivity index (χ4v) is 3.68. The first-order chi connectivity index (χ1) is 16.0. The molecule has 0 fully saturated rings. The van der Waals surface area contributed by atoms with Crippen molar-refractivity contribution in [2.45, 2.75) is 0 Å². The summed E-state index contributed by atoms with van der Waals surface area (Å²) in [5.74, 6) is 0.0278. The van der Waals surface area contributed by atoms with Gasteiger partial charge in [-0.05, 0) is 60.2 Å². The van der Waals surface area contributed by atoms with Gasteiger partial charge in [0.2, 0.25) is 0 Å². The summed E-state index contributed by atoms with van der Waals surface area (Å²) in [7, 11) is 3.04. The number of hydrogen-bond acceptors (Lipinski definition) is 6. The average Bonchev–Trinajstić information content (AvgIpc) is 3.08. The predicted molar refractivity (Wildman–Crippen MR) is 125 cm³/mol. The minimum Gasteiger partial charge on any atom is -0.497 e. The molecule has 0 spiro atoms. The highest BCUT2D eigenvalue weighted by molar-refractivity contribution is 6.46. The molecule has 164 valence electrons. The van der Waals surface area contributed by atoms with Crippen LogP contribution in [0.2, 0.25) is 5.02 Å². The minimum atomic E-state index is -0.544. The van der Waals surface area contributed by atoms with Gasteiger partial charge < -0.3 is 14.8 Å². The van der Waals surface area contributed by atoms with Gasteiger partial charge >= 0.3 is 0 Å². The zero-order valence-electron chi connectivity index (χ0n) is 17.8. The minimum absolute atomic E-state index is 0.0788. The normalized spacial score (nSPS) is 13.2. The molecule has 4 rings (SSSR count). The Balaban J connectivity index is 1.83. The number of hydrogen-bond donors (Lipinski definition) is 1. The van der Waals surface area contributed by atoms with Crippen LogP contribution in [0, 0.1) is 11.3 Å². The maximum absolute atomic E-state index is 13.5. The van der Waals surface area contributed by atoms with Crippen LogP contribution in [0.1, 0.15) is 11.1 Å². The number of benzene rings is 3. The van der Waals surface area contributed by atoms with Crippen LogP contribution >= 0.6 is 11.6 Å². The predicted octanol–water partition coefficient (Wildman–Crippen LogP) is 4.63. The summed E-state index contributed by atoms with van der Waals surface area (Å²) in [4.78, 5) is 28.1. The van der Waals surface area contributed by atoms with Gasteiger partial charge in [-0.2, -0.15) is 5.26 Å². The van der Waals surface area contributed by atoms with Gasteiger partial charge in [0.15, 0.2) is 0 Å². The largest absolute Gasteiger partial charge is 0.497 e. The highest BCUT2D eigenvalue weighted by atomic mass is 35.5. The van der Waals surface area contributed by atoms with Crippen LogP contribution in [0.4, 0.5) is 11.4 Å². The molecule has 7 nitrogen and oxygen atoms in total. The molecular formula is C25H18ClN3O4. The smallest absolute Gasteiger partial charge is 0.282 e. The Morgan fingerprint density at radius 2 is 1.61 bits per heavy atom. The second-order valence-electron chi connectivity index (χ2n) is 7.05. The molecule has 0 atom stereocenters. The highest BCUT2D eigenvalue weighted by Gasteiger charge is 2.40. The molecule has 0 aromatic heterocycles. The van der Waals surface area contributed by atoms with E-state index in [1.165, 1.54) is 7.11 Å². The third kappa shape index (κ3) is 4.12. The molecule has 0 aliphatic carbocycles. The SMILES string of the molecule is COc1ccc(C2=C(Nc3cc(Cl)ccc3OC)C(=O)N(c3ccc(C#N)cc3)C2=O)cc1. The zero-order valence-corrected chi connectivity index (χ0v) is 18.5. The maximum Gasteiger partial charge on any atom is 0.282 e. The van der Waals surface area contributed by atoms with Crippen LogP contribution in [0.3, 0.4) is 0 Å². The molecule has 0 radical (unpaired) electrons. The summed E-state index contributed by atoms with van der Waals surface area (Å²) >= 11 is 6.15. The van der Waals surface area contributed by atoms with Crippen molar-refractivity contribution >= 4 is 40.4 Å². The number of imide groups is 1. The van der Waals surface area contributed by atoms with Gasteiger partial charge in [0.05, 0.1) is 42.8 Å². The van der Waals surface area contributed by atoms with E-state index in [0.29, 0.717) is 39.0 Å². The number of amides is 2. The van der Waals surface area contributed by atoms with E-state index in [9.17, 15) is 9.59 Å². The topological polar surface area (TPSA) is 91.7 Å². The summed E-state index contributed by atoms with van der Waals surface area (Å²) in [6.45, 7) is 0. The van der Waals surface area contributed by atoms with Crippen molar-refractivity contribution in [3.8, 4) is 17.6 Å². The van der Waals surface area contributed by atoms with Crippen LogP contribution < -0.4 is 19.7 Å². The van der Waals surface area contributed by atoms with Crippen LogP contribution in [0.15, 0.2) is 72.4 Å². The number of carbonyl (C=O) groups excluding carboxylic acids is 2. The van der Waals surface area contributed by atoms with Crippen LogP contribution in [0.25, 0.3) is 5.57 Å². The first-order valence-corrected chi connectivity index (χ1v) is 10.2. The van der Waals surface area contributed by atoms with Crippen molar-refractivity contribution in [1.82, 2.24) is 0 Å². The van der Waals surface area contributed by atoms with E-state index in [2.05, 4.69) is 5.32 Å². The number of nitrogens with one attached hydrogen (secondary N) is 1. The fraction of sp³-hybridized carbons (Fsp3) is 0.0800. The number of ether oxygens (including phenoxy) is 2. The fourth-order valence-electron chi connectivity index (χ4n) is 3.50. The standard InChI is InChI=1S/C25H18ClN3O4/c1-32-19-10-5-16(6-11-19)22-23(28-20-13-17(26)7-12-21(20)33-2)25(31)29(24(22)30)18-8-3-15(14-27)4-9-18/h3-13,28H,1-2H3. The van der Waals surface area contributed by atoms with Crippen LogP contribution in [-0.4, -0.2) is 26.0 Å². The Bertz CT molecular complexity index is 1310. The van der Waals surface area contributed by atoms with Crippen LogP contribution in [0.5, 0.6) is 11.5 Å². The quantitative estimate of drug-likeness (QED) is 0.540. The maximum atomic E-state index is 13.5. The number of anilines is 2. The molecule has 0 saturated carbocycles. The number of rotatable bonds is 6. The second-order valence-corrected chi connectivity index (χ2v) is 7.49. The van der Waals surface area contributed by atoms with Gasteiger partial charge in [0, 0.05) is 5.02 Å². The summed E-state index contributed by atoms with van der Waals surface area (Å²) in [6.07, 6.45) is 0. The first kappa shape index (κ1) is 21.9. The molecule has 0 bridgehead atoms. The van der Waals surface area contributed by atoms with E-state index in [0.717, 1.165) is 4.90 Å². The summed E-state index contributed by atoms with van der Waals surface area (Å²) in [6, 6.07) is 20.0. The van der Waals surface area contributed by atoms with Crippen molar-refractivity contribution < 1.29 is 19.1 Å². The summed E-state index contributed by atoms with van der Waals surface area (Å²) < 4.78 is 10.6. The van der Waals surface area contributed by atoms with Crippen LogP contribution in [-0.2, 0) is 9.59 Å². The lowest BCUT2D eigenvalue weighted by Gasteiger charge is -2.16. The zero-order chi connectivity index (χ0) is 23.5. The molecule has 3 aromatic rings. The third-order valence-corrected chi connectivity index (χ3v) is 5.37. The molecule has 2 amide bonds. The van der Waals surface area contributed by atoms with E-state index >= 15 is 0 Å². The molecule has 0 saturated heterocycles.